The number of ether oxygens (including phenoxy) is 5. The second-order valence-electron chi connectivity index (χ2n) is 6.32. The molecule has 2 heterocycles. The summed E-state index contributed by atoms with van der Waals surface area (Å²) < 4.78 is 29.0. The van der Waals surface area contributed by atoms with Gasteiger partial charge in [-0.1, -0.05) is 37.3 Å². The van der Waals surface area contributed by atoms with Gasteiger partial charge < -0.3 is 23.7 Å². The third kappa shape index (κ3) is 4.82. The van der Waals surface area contributed by atoms with Gasteiger partial charge in [0.2, 0.25) is 0 Å². The zero-order valence-electron chi connectivity index (χ0n) is 15.5. The molecular weight excluding hydrogens is 372 g/mol. The van der Waals surface area contributed by atoms with Gasteiger partial charge in [0, 0.05) is 19.4 Å². The van der Waals surface area contributed by atoms with E-state index in [1.165, 1.54) is 25.6 Å². The van der Waals surface area contributed by atoms with E-state index in [0.29, 0.717) is 0 Å². The summed E-state index contributed by atoms with van der Waals surface area (Å²) in [4.78, 5) is 23.4. The van der Waals surface area contributed by atoms with E-state index in [4.69, 9.17) is 23.7 Å². The van der Waals surface area contributed by atoms with Gasteiger partial charge in [0.15, 0.2) is 18.5 Å². The summed E-state index contributed by atoms with van der Waals surface area (Å²) in [6.07, 6.45) is -3.17. The summed E-state index contributed by atoms with van der Waals surface area (Å²) in [5, 5.41) is 0. The molecule has 1 aromatic carbocycles. The average Bonchev–Trinajstić information content (AvgIpc) is 2.64. The molecule has 2 aliphatic heterocycles. The lowest BCUT2D eigenvalue weighted by molar-refractivity contribution is -0.320. The predicted molar refractivity (Wildman–Crippen MR) is 97.9 cm³/mol. The highest BCUT2D eigenvalue weighted by Gasteiger charge is 2.53. The Kier molecular flexibility index (Phi) is 6.75. The van der Waals surface area contributed by atoms with Crippen molar-refractivity contribution in [3.05, 3.63) is 35.9 Å². The van der Waals surface area contributed by atoms with Gasteiger partial charge in [-0.3, -0.25) is 9.59 Å². The number of esters is 2. The van der Waals surface area contributed by atoms with Gasteiger partial charge in [-0.05, 0) is 5.75 Å². The monoisotopic (exact) mass is 396 g/mol. The number of thioether (sulfide) groups is 1. The van der Waals surface area contributed by atoms with Crippen LogP contribution in [0.15, 0.2) is 30.3 Å². The average molecular weight is 396 g/mol. The van der Waals surface area contributed by atoms with E-state index in [1.807, 2.05) is 37.3 Å². The Balaban J connectivity index is 1.86. The van der Waals surface area contributed by atoms with E-state index >= 15 is 0 Å². The maximum absolute atomic E-state index is 11.7. The van der Waals surface area contributed by atoms with Gasteiger partial charge >= 0.3 is 11.9 Å². The standard InChI is InChI=1S/C19H24O7S/c1-4-27-19-17(24-12(3)21)16(23-11(2)20)15-14(25-19)10-22-18(26-15)13-8-6-5-7-9-13/h5-9,14-19H,4,10H2,1-3H3. The molecule has 0 bridgehead atoms. The minimum Gasteiger partial charge on any atom is -0.456 e. The molecule has 0 aromatic heterocycles. The van der Waals surface area contributed by atoms with Crippen LogP contribution in [-0.4, -0.2) is 54.2 Å². The molecule has 0 amide bonds. The van der Waals surface area contributed by atoms with Gasteiger partial charge in [-0.15, -0.1) is 11.8 Å². The van der Waals surface area contributed by atoms with Crippen LogP contribution in [0.2, 0.25) is 0 Å². The van der Waals surface area contributed by atoms with Crippen molar-refractivity contribution >= 4 is 23.7 Å². The molecule has 6 unspecified atom stereocenters. The Morgan fingerprint density at radius 2 is 1.74 bits per heavy atom. The number of hydrogen-bond acceptors (Lipinski definition) is 8. The number of benzene rings is 1. The lowest BCUT2D eigenvalue weighted by Crippen LogP contribution is -2.63. The fourth-order valence-corrected chi connectivity index (χ4v) is 4.22. The van der Waals surface area contributed by atoms with Crippen molar-refractivity contribution in [2.24, 2.45) is 0 Å². The van der Waals surface area contributed by atoms with E-state index in [-0.39, 0.29) is 6.61 Å². The first-order valence-electron chi connectivity index (χ1n) is 8.93. The predicted octanol–water partition coefficient (Wildman–Crippen LogP) is 2.44. The molecule has 148 valence electrons. The van der Waals surface area contributed by atoms with E-state index in [9.17, 15) is 9.59 Å². The number of hydrogen-bond donors (Lipinski definition) is 0. The Morgan fingerprint density at radius 1 is 1.07 bits per heavy atom. The van der Waals surface area contributed by atoms with E-state index in [0.717, 1.165) is 11.3 Å². The lowest BCUT2D eigenvalue weighted by Gasteiger charge is -2.48. The van der Waals surface area contributed by atoms with Crippen LogP contribution < -0.4 is 0 Å². The number of carbonyl (C=O) groups is 2. The van der Waals surface area contributed by atoms with Crippen LogP contribution >= 0.6 is 11.8 Å². The Bertz CT molecular complexity index is 653. The van der Waals surface area contributed by atoms with Crippen LogP contribution in [0.25, 0.3) is 0 Å². The molecule has 0 radical (unpaired) electrons. The number of carbonyl (C=O) groups excluding carboxylic acids is 2. The molecule has 2 saturated heterocycles. The lowest BCUT2D eigenvalue weighted by atomic mass is 9.98. The zero-order valence-corrected chi connectivity index (χ0v) is 16.3. The molecule has 2 aliphatic rings. The van der Waals surface area contributed by atoms with Crippen LogP contribution in [0.5, 0.6) is 0 Å². The maximum Gasteiger partial charge on any atom is 0.303 e. The number of rotatable bonds is 5. The van der Waals surface area contributed by atoms with Gasteiger partial charge in [0.1, 0.15) is 17.6 Å². The highest BCUT2D eigenvalue weighted by molar-refractivity contribution is 7.99. The Hall–Kier alpha value is -1.61. The first-order chi connectivity index (χ1) is 13.0. The molecule has 1 aromatic rings. The first-order valence-corrected chi connectivity index (χ1v) is 9.98. The van der Waals surface area contributed by atoms with Crippen LogP contribution in [0.4, 0.5) is 0 Å². The van der Waals surface area contributed by atoms with E-state index in [1.54, 1.807) is 0 Å². The second-order valence-corrected chi connectivity index (χ2v) is 7.70. The van der Waals surface area contributed by atoms with Gasteiger partial charge in [-0.25, -0.2) is 0 Å². The third-order valence-corrected chi connectivity index (χ3v) is 5.33. The molecular formula is C19H24O7S. The summed E-state index contributed by atoms with van der Waals surface area (Å²) in [7, 11) is 0. The highest BCUT2D eigenvalue weighted by atomic mass is 32.2. The van der Waals surface area contributed by atoms with Gasteiger partial charge in [-0.2, -0.15) is 0 Å². The summed E-state index contributed by atoms with van der Waals surface area (Å²) in [6.45, 7) is 4.91. The van der Waals surface area contributed by atoms with Crippen molar-refractivity contribution in [3.8, 4) is 0 Å². The number of fused-ring (bicyclic) bond motifs is 1. The molecule has 8 heteroatoms. The van der Waals surface area contributed by atoms with Crippen LogP contribution in [0.1, 0.15) is 32.6 Å². The Morgan fingerprint density at radius 3 is 2.37 bits per heavy atom. The van der Waals surface area contributed by atoms with E-state index in [2.05, 4.69) is 0 Å². The molecule has 7 nitrogen and oxygen atoms in total. The second kappa shape index (κ2) is 9.05. The SMILES string of the molecule is CCSC1OC2COC(c3ccccc3)OC2C(OC(C)=O)C1OC(C)=O. The smallest absolute Gasteiger partial charge is 0.303 e. The Labute approximate surface area is 162 Å². The normalized spacial score (nSPS) is 33.0. The van der Waals surface area contributed by atoms with Crippen molar-refractivity contribution in [1.29, 1.82) is 0 Å². The summed E-state index contributed by atoms with van der Waals surface area (Å²) >= 11 is 1.48. The fraction of sp³-hybridized carbons (Fsp3) is 0.579. The third-order valence-electron chi connectivity index (χ3n) is 4.29. The van der Waals surface area contributed by atoms with Crippen molar-refractivity contribution in [2.75, 3.05) is 12.4 Å². The molecule has 0 aliphatic carbocycles. The molecule has 6 atom stereocenters. The first kappa shape index (κ1) is 20.1. The molecule has 27 heavy (non-hydrogen) atoms. The van der Waals surface area contributed by atoms with Crippen molar-refractivity contribution in [2.45, 2.75) is 56.9 Å². The zero-order chi connectivity index (χ0) is 19.4. The van der Waals surface area contributed by atoms with Gasteiger partial charge in [0.05, 0.1) is 6.61 Å². The van der Waals surface area contributed by atoms with E-state index < -0.39 is 48.1 Å². The summed E-state index contributed by atoms with van der Waals surface area (Å²) in [6, 6.07) is 9.49. The summed E-state index contributed by atoms with van der Waals surface area (Å²) in [5.74, 6) is -0.182. The minimum atomic E-state index is -0.774. The van der Waals surface area contributed by atoms with Crippen LogP contribution in [0.3, 0.4) is 0 Å². The molecule has 0 spiro atoms. The summed E-state index contributed by atoms with van der Waals surface area (Å²) in [5.41, 5.74) is 0.386. The van der Waals surface area contributed by atoms with Crippen molar-refractivity contribution in [3.63, 3.8) is 0 Å². The van der Waals surface area contributed by atoms with Crippen LogP contribution in [0, 0.1) is 0 Å². The minimum absolute atomic E-state index is 0.287. The highest BCUT2D eigenvalue weighted by Crippen LogP contribution is 2.39. The molecule has 0 saturated carbocycles. The van der Waals surface area contributed by atoms with Crippen LogP contribution in [-0.2, 0) is 33.3 Å². The van der Waals surface area contributed by atoms with Crippen molar-refractivity contribution < 1.29 is 33.3 Å². The molecule has 0 N–H and O–H groups in total. The quantitative estimate of drug-likeness (QED) is 0.702. The molecule has 2 fully saturated rings. The fourth-order valence-electron chi connectivity index (χ4n) is 3.27. The van der Waals surface area contributed by atoms with Crippen molar-refractivity contribution in [1.82, 2.24) is 0 Å². The largest absolute Gasteiger partial charge is 0.456 e. The maximum atomic E-state index is 11.7. The topological polar surface area (TPSA) is 80.3 Å². The molecule has 3 rings (SSSR count). The van der Waals surface area contributed by atoms with Gasteiger partial charge in [0.25, 0.3) is 0 Å².